The Hall–Kier alpha value is -4.50. The van der Waals surface area contributed by atoms with Gasteiger partial charge in [-0.1, -0.05) is 6.92 Å². The third-order valence-corrected chi connectivity index (χ3v) is 5.69. The number of pyridine rings is 4. The minimum atomic E-state index is 0.633. The van der Waals surface area contributed by atoms with Gasteiger partial charge in [0.1, 0.15) is 5.52 Å². The monoisotopic (exact) mass is 447 g/mol. The zero-order chi connectivity index (χ0) is 22.9. The second kappa shape index (κ2) is 8.45. The minimum absolute atomic E-state index is 0.633. The number of rotatable bonds is 6. The van der Waals surface area contributed by atoms with E-state index in [9.17, 15) is 0 Å². The summed E-state index contributed by atoms with van der Waals surface area (Å²) in [5.74, 6) is 0.633. The average molecular weight is 448 g/mol. The van der Waals surface area contributed by atoms with E-state index in [1.807, 2.05) is 42.9 Å². The Labute approximate surface area is 194 Å². The van der Waals surface area contributed by atoms with Crippen LogP contribution in [0.4, 0.5) is 0 Å². The maximum Gasteiger partial charge on any atom is 0.161 e. The molecule has 0 aromatic carbocycles. The number of aromatic nitrogens is 8. The lowest BCUT2D eigenvalue weighted by Gasteiger charge is -2.05. The smallest absolute Gasteiger partial charge is 0.161 e. The first-order valence-corrected chi connectivity index (χ1v) is 11.0. The van der Waals surface area contributed by atoms with Crippen molar-refractivity contribution >= 4 is 22.1 Å². The van der Waals surface area contributed by atoms with Crippen molar-refractivity contribution in [1.29, 1.82) is 0 Å². The molecule has 0 atom stereocenters. The minimum Gasteiger partial charge on any atom is -0.335 e. The molecule has 6 aromatic heterocycles. The quantitative estimate of drug-likeness (QED) is 0.351. The predicted octanol–water partition coefficient (Wildman–Crippen LogP) is 4.13. The second-order valence-electron chi connectivity index (χ2n) is 7.93. The predicted molar refractivity (Wildman–Crippen MR) is 131 cm³/mol. The number of aromatic amines is 2. The maximum absolute atomic E-state index is 4.92. The average Bonchev–Trinajstić information content (AvgIpc) is 3.51. The highest BCUT2D eigenvalue weighted by Crippen LogP contribution is 2.31. The molecule has 0 fully saturated rings. The standard InChI is InChI=1S/C25H21N9/c1-2-26-10-15-9-17(12-28-11-15)19-3-4-20-23(30-19)24(34-33-20)25-31-21-14-29-13-18(22(21)32-25)16-5-7-27-8-6-16/h3-9,11-14,26H,2,10H2,1H3,(H,31,32)(H,33,34). The van der Waals surface area contributed by atoms with Gasteiger partial charge in [-0.25, -0.2) is 9.97 Å². The van der Waals surface area contributed by atoms with Crippen molar-refractivity contribution in [3.05, 3.63) is 73.1 Å². The van der Waals surface area contributed by atoms with E-state index >= 15 is 0 Å². The van der Waals surface area contributed by atoms with Gasteiger partial charge < -0.3 is 10.3 Å². The molecule has 9 nitrogen and oxygen atoms in total. The fraction of sp³-hybridized carbons (Fsp3) is 0.120. The Morgan fingerprint density at radius 1 is 0.824 bits per heavy atom. The van der Waals surface area contributed by atoms with Crippen LogP contribution in [0.15, 0.2) is 67.5 Å². The van der Waals surface area contributed by atoms with Crippen LogP contribution in [0.25, 0.3) is 56.0 Å². The van der Waals surface area contributed by atoms with Crippen LogP contribution in [-0.4, -0.2) is 46.6 Å². The summed E-state index contributed by atoms with van der Waals surface area (Å²) < 4.78 is 0. The molecule has 0 unspecified atom stereocenters. The first kappa shape index (κ1) is 20.1. The Morgan fingerprint density at radius 2 is 1.71 bits per heavy atom. The van der Waals surface area contributed by atoms with E-state index in [4.69, 9.17) is 9.97 Å². The summed E-state index contributed by atoms with van der Waals surface area (Å²) in [6, 6.07) is 9.96. The van der Waals surface area contributed by atoms with Crippen molar-refractivity contribution in [2.45, 2.75) is 13.5 Å². The van der Waals surface area contributed by atoms with Gasteiger partial charge in [-0.15, -0.1) is 0 Å². The van der Waals surface area contributed by atoms with Gasteiger partial charge >= 0.3 is 0 Å². The van der Waals surface area contributed by atoms with Gasteiger partial charge in [0.15, 0.2) is 11.5 Å². The summed E-state index contributed by atoms with van der Waals surface area (Å²) in [6.07, 6.45) is 10.8. The van der Waals surface area contributed by atoms with Crippen molar-refractivity contribution < 1.29 is 0 Å². The van der Waals surface area contributed by atoms with Gasteiger partial charge in [-0.2, -0.15) is 5.10 Å². The third kappa shape index (κ3) is 3.57. The Bertz CT molecular complexity index is 1600. The van der Waals surface area contributed by atoms with E-state index < -0.39 is 0 Å². The largest absolute Gasteiger partial charge is 0.335 e. The van der Waals surface area contributed by atoms with Crippen molar-refractivity contribution in [3.63, 3.8) is 0 Å². The summed E-state index contributed by atoms with van der Waals surface area (Å²) in [6.45, 7) is 3.76. The third-order valence-electron chi connectivity index (χ3n) is 5.69. The van der Waals surface area contributed by atoms with Gasteiger partial charge in [0, 0.05) is 48.7 Å². The summed E-state index contributed by atoms with van der Waals surface area (Å²) in [7, 11) is 0. The molecule has 6 aromatic rings. The molecule has 6 rings (SSSR count). The van der Waals surface area contributed by atoms with Crippen LogP contribution in [0.2, 0.25) is 0 Å². The topological polar surface area (TPSA) is 121 Å². The first-order chi connectivity index (χ1) is 16.8. The molecule has 0 saturated heterocycles. The molecule has 6 heterocycles. The van der Waals surface area contributed by atoms with E-state index in [0.29, 0.717) is 11.5 Å². The van der Waals surface area contributed by atoms with E-state index in [1.165, 1.54) is 0 Å². The van der Waals surface area contributed by atoms with Crippen LogP contribution in [-0.2, 0) is 6.54 Å². The summed E-state index contributed by atoms with van der Waals surface area (Å²) in [5, 5.41) is 10.9. The number of fused-ring (bicyclic) bond motifs is 2. The van der Waals surface area contributed by atoms with Crippen LogP contribution >= 0.6 is 0 Å². The molecule has 0 bridgehead atoms. The molecular weight excluding hydrogens is 426 g/mol. The fourth-order valence-electron chi connectivity index (χ4n) is 4.01. The fourth-order valence-corrected chi connectivity index (χ4v) is 4.01. The number of H-pyrrole nitrogens is 2. The van der Waals surface area contributed by atoms with Crippen molar-refractivity contribution in [2.75, 3.05) is 6.54 Å². The SMILES string of the molecule is CCNCc1cncc(-c2ccc3[nH]nc(-c4nc5c(-c6ccncc6)cncc5[nH]4)c3n2)c1. The van der Waals surface area contributed by atoms with Crippen LogP contribution in [0.3, 0.4) is 0 Å². The zero-order valence-electron chi connectivity index (χ0n) is 18.4. The molecule has 0 aliphatic heterocycles. The molecule has 166 valence electrons. The van der Waals surface area contributed by atoms with Gasteiger partial charge in [0.2, 0.25) is 0 Å². The number of hydrogen-bond donors (Lipinski definition) is 3. The number of nitrogens with one attached hydrogen (secondary N) is 3. The zero-order valence-corrected chi connectivity index (χ0v) is 18.4. The lowest BCUT2D eigenvalue weighted by molar-refractivity contribution is 0.724. The number of imidazole rings is 1. The van der Waals surface area contributed by atoms with E-state index in [-0.39, 0.29) is 0 Å². The van der Waals surface area contributed by atoms with Crippen LogP contribution in [0.5, 0.6) is 0 Å². The second-order valence-corrected chi connectivity index (χ2v) is 7.93. The Kier molecular flexibility index (Phi) is 5.00. The highest BCUT2D eigenvalue weighted by molar-refractivity contribution is 5.95. The van der Waals surface area contributed by atoms with Crippen molar-refractivity contribution in [1.82, 2.24) is 45.4 Å². The summed E-state index contributed by atoms with van der Waals surface area (Å²) in [4.78, 5) is 26.0. The molecule has 0 aliphatic rings. The molecule has 0 saturated carbocycles. The van der Waals surface area contributed by atoms with E-state index in [0.717, 1.165) is 63.1 Å². The molecule has 3 N–H and O–H groups in total. The lowest BCUT2D eigenvalue weighted by atomic mass is 10.1. The number of nitrogens with zero attached hydrogens (tertiary/aromatic N) is 6. The summed E-state index contributed by atoms with van der Waals surface area (Å²) in [5.41, 5.74) is 8.72. The van der Waals surface area contributed by atoms with Crippen molar-refractivity contribution in [2.24, 2.45) is 0 Å². The van der Waals surface area contributed by atoms with E-state index in [1.54, 1.807) is 18.6 Å². The van der Waals surface area contributed by atoms with Crippen LogP contribution < -0.4 is 5.32 Å². The lowest BCUT2D eigenvalue weighted by Crippen LogP contribution is -2.11. The van der Waals surface area contributed by atoms with Gasteiger partial charge in [0.25, 0.3) is 0 Å². The molecule has 9 heteroatoms. The highest BCUT2D eigenvalue weighted by Gasteiger charge is 2.17. The molecule has 0 radical (unpaired) electrons. The number of hydrogen-bond acceptors (Lipinski definition) is 7. The Morgan fingerprint density at radius 3 is 2.59 bits per heavy atom. The summed E-state index contributed by atoms with van der Waals surface area (Å²) >= 11 is 0. The first-order valence-electron chi connectivity index (χ1n) is 11.0. The molecule has 34 heavy (non-hydrogen) atoms. The van der Waals surface area contributed by atoms with Crippen LogP contribution in [0, 0.1) is 0 Å². The Balaban J connectivity index is 1.44. The highest BCUT2D eigenvalue weighted by atomic mass is 15.1. The van der Waals surface area contributed by atoms with Crippen molar-refractivity contribution in [3.8, 4) is 33.9 Å². The van der Waals surface area contributed by atoms with E-state index in [2.05, 4.69) is 48.4 Å². The normalized spacial score (nSPS) is 11.4. The van der Waals surface area contributed by atoms with Gasteiger partial charge in [-0.05, 0) is 48.0 Å². The molecule has 0 aliphatic carbocycles. The maximum atomic E-state index is 4.92. The van der Waals surface area contributed by atoms with Crippen LogP contribution in [0.1, 0.15) is 12.5 Å². The molecule has 0 spiro atoms. The molecular formula is C25H21N9. The van der Waals surface area contributed by atoms with Gasteiger partial charge in [0.05, 0.1) is 28.4 Å². The molecule has 0 amide bonds. The van der Waals surface area contributed by atoms with Gasteiger partial charge in [-0.3, -0.25) is 20.1 Å².